The van der Waals surface area contributed by atoms with Crippen LogP contribution >= 0.6 is 11.3 Å². The van der Waals surface area contributed by atoms with Crippen molar-refractivity contribution in [2.75, 3.05) is 5.43 Å². The number of hydrogen-bond acceptors (Lipinski definition) is 6. The van der Waals surface area contributed by atoms with Gasteiger partial charge in [0.05, 0.1) is 5.71 Å². The Morgan fingerprint density at radius 1 is 1.18 bits per heavy atom. The van der Waals surface area contributed by atoms with Gasteiger partial charge in [-0.25, -0.2) is 5.43 Å². The molecule has 0 saturated heterocycles. The zero-order valence-electron chi connectivity index (χ0n) is 11.7. The van der Waals surface area contributed by atoms with Crippen LogP contribution < -0.4 is 5.43 Å². The monoisotopic (exact) mass is 308 g/mol. The fraction of sp³-hybridized carbons (Fsp3) is 0.0667. The number of aromatic amines is 1. The van der Waals surface area contributed by atoms with E-state index in [2.05, 4.69) is 30.7 Å². The van der Waals surface area contributed by atoms with Crippen LogP contribution in [0.25, 0.3) is 22.1 Å². The van der Waals surface area contributed by atoms with Crippen molar-refractivity contribution in [1.29, 1.82) is 0 Å². The molecule has 0 saturated carbocycles. The highest BCUT2D eigenvalue weighted by Crippen LogP contribution is 2.21. The van der Waals surface area contributed by atoms with Gasteiger partial charge < -0.3 is 4.98 Å². The molecule has 0 spiro atoms. The lowest BCUT2D eigenvalue weighted by Gasteiger charge is -1.99. The molecule has 2 N–H and O–H groups in total. The third-order valence-corrected chi connectivity index (χ3v) is 4.30. The normalized spacial score (nSPS) is 12.1. The number of hydrogen-bond donors (Lipinski definition) is 2. The first-order chi connectivity index (χ1) is 10.8. The van der Waals surface area contributed by atoms with Gasteiger partial charge in [-0.15, -0.1) is 21.5 Å². The molecule has 4 rings (SSSR count). The first-order valence-electron chi connectivity index (χ1n) is 6.76. The van der Waals surface area contributed by atoms with E-state index in [-0.39, 0.29) is 0 Å². The second-order valence-corrected chi connectivity index (χ2v) is 5.74. The molecule has 0 atom stereocenters. The number of nitrogens with zero attached hydrogens (tertiary/aromatic N) is 4. The molecule has 3 aromatic heterocycles. The smallest absolute Gasteiger partial charge is 0.265 e. The summed E-state index contributed by atoms with van der Waals surface area (Å²) < 4.78 is 0. The summed E-state index contributed by atoms with van der Waals surface area (Å²) in [7, 11) is 0. The minimum Gasteiger partial charge on any atom is -0.338 e. The van der Waals surface area contributed by atoms with E-state index in [4.69, 9.17) is 0 Å². The quantitative estimate of drug-likeness (QED) is 0.449. The molecule has 7 heteroatoms. The molecule has 0 radical (unpaired) electrons. The molecule has 6 nitrogen and oxygen atoms in total. The van der Waals surface area contributed by atoms with Gasteiger partial charge in [0.2, 0.25) is 0 Å². The Labute approximate surface area is 129 Å². The fourth-order valence-corrected chi connectivity index (χ4v) is 2.92. The number of fused-ring (bicyclic) bond motifs is 3. The molecule has 22 heavy (non-hydrogen) atoms. The Kier molecular flexibility index (Phi) is 3.05. The summed E-state index contributed by atoms with van der Waals surface area (Å²) in [5.74, 6) is 0.370. The summed E-state index contributed by atoms with van der Waals surface area (Å²) in [4.78, 5) is 8.76. The number of nitrogens with one attached hydrogen (secondary N) is 2. The number of aromatic nitrogens is 4. The molecule has 0 aliphatic carbocycles. The van der Waals surface area contributed by atoms with E-state index >= 15 is 0 Å². The minimum atomic E-state index is 0.370. The average Bonchev–Trinajstić information content (AvgIpc) is 3.19. The summed E-state index contributed by atoms with van der Waals surface area (Å²) in [5.41, 5.74) is 6.20. The van der Waals surface area contributed by atoms with Crippen LogP contribution in [0.15, 0.2) is 46.9 Å². The zero-order valence-corrected chi connectivity index (χ0v) is 12.6. The Bertz CT molecular complexity index is 970. The molecule has 0 aliphatic rings. The molecule has 0 fully saturated rings. The van der Waals surface area contributed by atoms with Crippen LogP contribution in [0.3, 0.4) is 0 Å². The van der Waals surface area contributed by atoms with Gasteiger partial charge >= 0.3 is 0 Å². The highest BCUT2D eigenvalue weighted by Gasteiger charge is 2.08. The van der Waals surface area contributed by atoms with E-state index in [1.165, 1.54) is 0 Å². The van der Waals surface area contributed by atoms with Gasteiger partial charge in [0.25, 0.3) is 5.95 Å². The maximum Gasteiger partial charge on any atom is 0.265 e. The van der Waals surface area contributed by atoms with Crippen molar-refractivity contribution in [2.45, 2.75) is 6.92 Å². The van der Waals surface area contributed by atoms with Crippen LogP contribution in [0.4, 0.5) is 5.95 Å². The van der Waals surface area contributed by atoms with Gasteiger partial charge in [0.1, 0.15) is 5.52 Å². The third-order valence-electron chi connectivity index (χ3n) is 3.32. The molecule has 0 bridgehead atoms. The van der Waals surface area contributed by atoms with Crippen LogP contribution in [-0.4, -0.2) is 25.9 Å². The van der Waals surface area contributed by atoms with Crippen molar-refractivity contribution >= 4 is 45.1 Å². The lowest BCUT2D eigenvalue weighted by Crippen LogP contribution is -2.02. The number of hydrazone groups is 1. The summed E-state index contributed by atoms with van der Waals surface area (Å²) in [6.45, 7) is 1.94. The summed E-state index contributed by atoms with van der Waals surface area (Å²) in [5, 5.41) is 15.7. The van der Waals surface area contributed by atoms with Crippen molar-refractivity contribution < 1.29 is 0 Å². The molecule has 0 unspecified atom stereocenters. The highest BCUT2D eigenvalue weighted by molar-refractivity contribution is 7.12. The van der Waals surface area contributed by atoms with Crippen LogP contribution in [0, 0.1) is 0 Å². The number of rotatable bonds is 3. The first kappa shape index (κ1) is 12.9. The Morgan fingerprint density at radius 2 is 2.09 bits per heavy atom. The van der Waals surface area contributed by atoms with Crippen LogP contribution in [0.2, 0.25) is 0 Å². The molecule has 4 aromatic rings. The number of H-pyrrole nitrogens is 1. The number of thiophene rings is 1. The Morgan fingerprint density at radius 3 is 2.95 bits per heavy atom. The number of benzene rings is 1. The number of para-hydroxylation sites is 1. The molecule has 1 aromatic carbocycles. The van der Waals surface area contributed by atoms with Crippen LogP contribution in [0.1, 0.15) is 11.8 Å². The van der Waals surface area contributed by atoms with E-state index in [1.54, 1.807) is 11.3 Å². The topological polar surface area (TPSA) is 78.8 Å². The van der Waals surface area contributed by atoms with Gasteiger partial charge in [-0.05, 0) is 24.4 Å². The van der Waals surface area contributed by atoms with E-state index in [9.17, 15) is 0 Å². The fourth-order valence-electron chi connectivity index (χ4n) is 2.24. The largest absolute Gasteiger partial charge is 0.338 e. The maximum absolute atomic E-state index is 4.42. The van der Waals surface area contributed by atoms with Crippen LogP contribution in [0.5, 0.6) is 0 Å². The van der Waals surface area contributed by atoms with E-state index in [0.717, 1.165) is 27.0 Å². The van der Waals surface area contributed by atoms with Gasteiger partial charge in [0.15, 0.2) is 5.65 Å². The third kappa shape index (κ3) is 2.21. The standard InChI is InChI=1S/C15H12N6S/c1-9(12-7-4-8-22-12)18-20-15-17-14-13(19-21-15)10-5-2-3-6-11(10)16-14/h2-8H,1H3,(H2,16,17,20,21). The predicted molar refractivity (Wildman–Crippen MR) is 89.3 cm³/mol. The van der Waals surface area contributed by atoms with Gasteiger partial charge in [0, 0.05) is 15.8 Å². The van der Waals surface area contributed by atoms with Gasteiger partial charge in [-0.2, -0.15) is 10.1 Å². The first-order valence-corrected chi connectivity index (χ1v) is 7.64. The Balaban J connectivity index is 1.68. The molecule has 108 valence electrons. The summed E-state index contributed by atoms with van der Waals surface area (Å²) in [6, 6.07) is 11.9. The highest BCUT2D eigenvalue weighted by atomic mass is 32.1. The summed E-state index contributed by atoms with van der Waals surface area (Å²) in [6.07, 6.45) is 0. The van der Waals surface area contributed by atoms with Gasteiger partial charge in [-0.3, -0.25) is 0 Å². The van der Waals surface area contributed by atoms with E-state index < -0.39 is 0 Å². The second kappa shape index (κ2) is 5.19. The van der Waals surface area contributed by atoms with Crippen molar-refractivity contribution in [3.8, 4) is 0 Å². The van der Waals surface area contributed by atoms with E-state index in [1.807, 2.05) is 48.7 Å². The molecule has 3 heterocycles. The van der Waals surface area contributed by atoms with Crippen molar-refractivity contribution in [2.24, 2.45) is 5.10 Å². The molecular weight excluding hydrogens is 296 g/mol. The lowest BCUT2D eigenvalue weighted by molar-refractivity contribution is 1.01. The van der Waals surface area contributed by atoms with Crippen molar-refractivity contribution in [3.05, 3.63) is 46.7 Å². The summed E-state index contributed by atoms with van der Waals surface area (Å²) >= 11 is 1.64. The SMILES string of the molecule is CC(=NNc1nnc2c(n1)[nH]c1ccccc12)c1cccs1. The maximum atomic E-state index is 4.42. The van der Waals surface area contributed by atoms with E-state index in [0.29, 0.717) is 11.6 Å². The average molecular weight is 308 g/mol. The molecule has 0 aliphatic heterocycles. The minimum absolute atomic E-state index is 0.370. The lowest BCUT2D eigenvalue weighted by atomic mass is 10.2. The zero-order chi connectivity index (χ0) is 14.9. The second-order valence-electron chi connectivity index (χ2n) is 4.79. The molecule has 0 amide bonds. The number of anilines is 1. The van der Waals surface area contributed by atoms with Crippen molar-refractivity contribution in [1.82, 2.24) is 20.2 Å². The van der Waals surface area contributed by atoms with Gasteiger partial charge in [-0.1, -0.05) is 24.3 Å². The van der Waals surface area contributed by atoms with Crippen molar-refractivity contribution in [3.63, 3.8) is 0 Å². The predicted octanol–water partition coefficient (Wildman–Crippen LogP) is 3.40. The van der Waals surface area contributed by atoms with Crippen LogP contribution in [-0.2, 0) is 0 Å². The Hall–Kier alpha value is -2.80. The molecular formula is C15H12N6S.